The molecule has 1 aliphatic rings. The molecule has 0 spiro atoms. The molecule has 0 aromatic carbocycles. The Morgan fingerprint density at radius 1 is 1.19 bits per heavy atom. The molecule has 2 heteroatoms. The Morgan fingerprint density at radius 3 is 2.50 bits per heavy atom. The van der Waals surface area contributed by atoms with Crippen molar-refractivity contribution in [3.8, 4) is 0 Å². The lowest BCUT2D eigenvalue weighted by Gasteiger charge is -2.18. The van der Waals surface area contributed by atoms with E-state index in [1.54, 1.807) is 0 Å². The van der Waals surface area contributed by atoms with Gasteiger partial charge in [0.25, 0.3) is 0 Å². The second kappa shape index (κ2) is 8.08. The predicted molar refractivity (Wildman–Crippen MR) is 71.8 cm³/mol. The summed E-state index contributed by atoms with van der Waals surface area (Å²) in [6.07, 6.45) is 8.82. The first-order valence-corrected chi connectivity index (χ1v) is 7.10. The van der Waals surface area contributed by atoms with E-state index >= 15 is 0 Å². The van der Waals surface area contributed by atoms with Gasteiger partial charge in [0.2, 0.25) is 0 Å². The highest BCUT2D eigenvalue weighted by Gasteiger charge is 2.14. The predicted octanol–water partition coefficient (Wildman–Crippen LogP) is 2.89. The average Bonchev–Trinajstić information content (AvgIpc) is 2.70. The summed E-state index contributed by atoms with van der Waals surface area (Å²) in [4.78, 5) is 2.46. The molecule has 16 heavy (non-hydrogen) atoms. The van der Waals surface area contributed by atoms with E-state index in [1.165, 1.54) is 51.6 Å². The molecule has 1 rings (SSSR count). The van der Waals surface area contributed by atoms with Crippen molar-refractivity contribution in [3.63, 3.8) is 0 Å². The maximum atomic E-state index is 3.47. The molecule has 1 N–H and O–H groups in total. The van der Waals surface area contributed by atoms with Crippen LogP contribution in [-0.2, 0) is 0 Å². The summed E-state index contributed by atoms with van der Waals surface area (Å²) in [5, 5.41) is 3.47. The molecule has 0 aromatic heterocycles. The van der Waals surface area contributed by atoms with Crippen LogP contribution < -0.4 is 5.32 Å². The summed E-state index contributed by atoms with van der Waals surface area (Å²) >= 11 is 0. The number of nitrogens with zero attached hydrogens (tertiary/aromatic N) is 1. The number of hydrogen-bond acceptors (Lipinski definition) is 2. The lowest BCUT2D eigenvalue weighted by Crippen LogP contribution is -2.33. The smallest absolute Gasteiger partial charge is 0.0104 e. The Balaban J connectivity index is 1.91. The molecule has 1 fully saturated rings. The molecule has 1 aliphatic carbocycles. The summed E-state index contributed by atoms with van der Waals surface area (Å²) in [5.41, 5.74) is 0. The third-order valence-corrected chi connectivity index (χ3v) is 3.67. The first-order valence-electron chi connectivity index (χ1n) is 7.10. The van der Waals surface area contributed by atoms with E-state index in [9.17, 15) is 0 Å². The van der Waals surface area contributed by atoms with E-state index in [4.69, 9.17) is 0 Å². The van der Waals surface area contributed by atoms with Gasteiger partial charge in [-0.15, -0.1) is 0 Å². The fraction of sp³-hybridized carbons (Fsp3) is 1.00. The summed E-state index contributed by atoms with van der Waals surface area (Å²) in [5.74, 6) is 1.06. The molecule has 0 aliphatic heterocycles. The summed E-state index contributed by atoms with van der Waals surface area (Å²) in [7, 11) is 2.25. The van der Waals surface area contributed by atoms with Gasteiger partial charge in [-0.2, -0.15) is 0 Å². The zero-order chi connectivity index (χ0) is 11.8. The first kappa shape index (κ1) is 14.0. The van der Waals surface area contributed by atoms with Crippen LogP contribution in [0.1, 0.15) is 52.4 Å². The molecule has 0 unspecified atom stereocenters. The van der Waals surface area contributed by atoms with Crippen LogP contribution in [0.15, 0.2) is 0 Å². The van der Waals surface area contributed by atoms with Crippen molar-refractivity contribution in [1.29, 1.82) is 0 Å². The highest BCUT2D eigenvalue weighted by Crippen LogP contribution is 2.28. The van der Waals surface area contributed by atoms with Crippen LogP contribution in [0.5, 0.6) is 0 Å². The number of rotatable bonds is 8. The third kappa shape index (κ3) is 6.49. The van der Waals surface area contributed by atoms with E-state index in [0.717, 1.165) is 12.5 Å². The van der Waals surface area contributed by atoms with E-state index in [0.29, 0.717) is 6.04 Å². The van der Waals surface area contributed by atoms with Crippen LogP contribution in [0.2, 0.25) is 0 Å². The van der Waals surface area contributed by atoms with E-state index in [1.807, 2.05) is 0 Å². The number of likely N-dealkylation sites (N-methyl/N-ethyl adjacent to an activating group) is 1. The second-order valence-electron chi connectivity index (χ2n) is 5.70. The molecule has 0 aromatic rings. The van der Waals surface area contributed by atoms with Gasteiger partial charge in [0, 0.05) is 19.1 Å². The fourth-order valence-corrected chi connectivity index (χ4v) is 2.60. The minimum atomic E-state index is 0.617. The molecule has 0 radical (unpaired) electrons. The second-order valence-corrected chi connectivity index (χ2v) is 5.70. The largest absolute Gasteiger partial charge is 0.313 e. The molecule has 0 atom stereocenters. The van der Waals surface area contributed by atoms with Crippen molar-refractivity contribution in [1.82, 2.24) is 10.2 Å². The quantitative estimate of drug-likeness (QED) is 0.684. The topological polar surface area (TPSA) is 15.3 Å². The fourth-order valence-electron chi connectivity index (χ4n) is 2.60. The first-order chi connectivity index (χ1) is 7.68. The van der Waals surface area contributed by atoms with Crippen molar-refractivity contribution in [2.75, 3.05) is 26.7 Å². The Labute approximate surface area is 102 Å². The molecule has 2 nitrogen and oxygen atoms in total. The Morgan fingerprint density at radius 2 is 1.88 bits per heavy atom. The van der Waals surface area contributed by atoms with E-state index in [-0.39, 0.29) is 0 Å². The van der Waals surface area contributed by atoms with Gasteiger partial charge < -0.3 is 10.2 Å². The van der Waals surface area contributed by atoms with Crippen LogP contribution in [0.3, 0.4) is 0 Å². The average molecular weight is 226 g/mol. The van der Waals surface area contributed by atoms with Crippen molar-refractivity contribution in [3.05, 3.63) is 0 Å². The van der Waals surface area contributed by atoms with Gasteiger partial charge >= 0.3 is 0 Å². The van der Waals surface area contributed by atoms with Crippen molar-refractivity contribution in [2.24, 2.45) is 5.92 Å². The van der Waals surface area contributed by atoms with Gasteiger partial charge in [-0.25, -0.2) is 0 Å². The van der Waals surface area contributed by atoms with Gasteiger partial charge in [-0.1, -0.05) is 39.5 Å². The van der Waals surface area contributed by atoms with Crippen molar-refractivity contribution >= 4 is 0 Å². The molecule has 1 saturated carbocycles. The van der Waals surface area contributed by atoms with Crippen LogP contribution >= 0.6 is 0 Å². The van der Waals surface area contributed by atoms with Crippen LogP contribution in [-0.4, -0.2) is 37.6 Å². The van der Waals surface area contributed by atoms with Gasteiger partial charge in [0.15, 0.2) is 0 Å². The maximum Gasteiger partial charge on any atom is 0.0104 e. The maximum absolute atomic E-state index is 3.47. The monoisotopic (exact) mass is 226 g/mol. The van der Waals surface area contributed by atoms with Crippen LogP contribution in [0.25, 0.3) is 0 Å². The SMILES string of the molecule is CC(C)NCCN(C)CCCC1CCCC1. The molecular formula is C14H30N2. The number of nitrogens with one attached hydrogen (secondary N) is 1. The minimum Gasteiger partial charge on any atom is -0.313 e. The molecule has 96 valence electrons. The standard InChI is InChI=1S/C14H30N2/c1-13(2)15-10-12-16(3)11-6-9-14-7-4-5-8-14/h13-15H,4-12H2,1-3H3. The Kier molecular flexibility index (Phi) is 7.06. The lowest BCUT2D eigenvalue weighted by atomic mass is 10.0. The Hall–Kier alpha value is -0.0800. The zero-order valence-electron chi connectivity index (χ0n) is 11.5. The van der Waals surface area contributed by atoms with Crippen LogP contribution in [0.4, 0.5) is 0 Å². The molecular weight excluding hydrogens is 196 g/mol. The van der Waals surface area contributed by atoms with Gasteiger partial charge in [-0.05, 0) is 32.4 Å². The van der Waals surface area contributed by atoms with Crippen LogP contribution in [0, 0.1) is 5.92 Å². The lowest BCUT2D eigenvalue weighted by molar-refractivity contribution is 0.307. The van der Waals surface area contributed by atoms with Crippen molar-refractivity contribution < 1.29 is 0 Å². The third-order valence-electron chi connectivity index (χ3n) is 3.67. The molecule has 0 bridgehead atoms. The highest BCUT2D eigenvalue weighted by atomic mass is 15.1. The number of hydrogen-bond donors (Lipinski definition) is 1. The summed E-state index contributed by atoms with van der Waals surface area (Å²) in [6, 6.07) is 0.617. The van der Waals surface area contributed by atoms with Gasteiger partial charge in [0.05, 0.1) is 0 Å². The van der Waals surface area contributed by atoms with Gasteiger partial charge in [-0.3, -0.25) is 0 Å². The van der Waals surface area contributed by atoms with Crippen molar-refractivity contribution in [2.45, 2.75) is 58.4 Å². The summed E-state index contributed by atoms with van der Waals surface area (Å²) < 4.78 is 0. The minimum absolute atomic E-state index is 0.617. The van der Waals surface area contributed by atoms with E-state index < -0.39 is 0 Å². The molecule has 0 amide bonds. The highest BCUT2D eigenvalue weighted by molar-refractivity contribution is 4.68. The normalized spacial score (nSPS) is 17.8. The molecule has 0 heterocycles. The van der Waals surface area contributed by atoms with Gasteiger partial charge in [0.1, 0.15) is 0 Å². The summed E-state index contributed by atoms with van der Waals surface area (Å²) in [6.45, 7) is 8.00. The zero-order valence-corrected chi connectivity index (χ0v) is 11.5. The molecule has 0 saturated heterocycles. The van der Waals surface area contributed by atoms with E-state index in [2.05, 4.69) is 31.1 Å². The Bertz CT molecular complexity index is 162.